The number of likely N-dealkylation sites (tertiary alicyclic amines) is 1. The van der Waals surface area contributed by atoms with Crippen LogP contribution in [0.1, 0.15) is 43.9 Å². The maximum atomic E-state index is 13.5. The molecule has 1 aromatic carbocycles. The van der Waals surface area contributed by atoms with Crippen LogP contribution in [0.25, 0.3) is 0 Å². The number of rotatable bonds is 2. The molecule has 1 amide bonds. The maximum Gasteiger partial charge on any atom is 0.223 e. The van der Waals surface area contributed by atoms with Crippen molar-refractivity contribution in [3.63, 3.8) is 0 Å². The SMILES string of the molecule is Cc1ccc(F)cc1C1C(N)CCC(=O)N1C(C)C. The Kier molecular flexibility index (Phi) is 3.90. The summed E-state index contributed by atoms with van der Waals surface area (Å²) >= 11 is 0. The van der Waals surface area contributed by atoms with Gasteiger partial charge in [0.1, 0.15) is 5.82 Å². The Labute approximate surface area is 113 Å². The Bertz CT molecular complexity index is 487. The van der Waals surface area contributed by atoms with E-state index in [-0.39, 0.29) is 29.8 Å². The van der Waals surface area contributed by atoms with Gasteiger partial charge in [0.15, 0.2) is 0 Å². The molecule has 1 aliphatic heterocycles. The molecular formula is C15H21FN2O. The molecule has 1 saturated heterocycles. The first-order chi connectivity index (χ1) is 8.91. The lowest BCUT2D eigenvalue weighted by molar-refractivity contribution is -0.139. The summed E-state index contributed by atoms with van der Waals surface area (Å²) in [6.45, 7) is 5.87. The Hall–Kier alpha value is -1.42. The van der Waals surface area contributed by atoms with Gasteiger partial charge in [-0.25, -0.2) is 4.39 Å². The molecule has 3 nitrogen and oxygen atoms in total. The molecule has 19 heavy (non-hydrogen) atoms. The lowest BCUT2D eigenvalue weighted by Gasteiger charge is -2.43. The number of carbonyl (C=O) groups is 1. The van der Waals surface area contributed by atoms with Crippen LogP contribution >= 0.6 is 0 Å². The topological polar surface area (TPSA) is 46.3 Å². The minimum Gasteiger partial charge on any atom is -0.332 e. The van der Waals surface area contributed by atoms with Gasteiger partial charge in [0.2, 0.25) is 5.91 Å². The van der Waals surface area contributed by atoms with E-state index >= 15 is 0 Å². The molecular weight excluding hydrogens is 243 g/mol. The van der Waals surface area contributed by atoms with Crippen LogP contribution in [0.4, 0.5) is 4.39 Å². The normalized spacial score (nSPS) is 24.1. The van der Waals surface area contributed by atoms with E-state index in [1.807, 2.05) is 20.8 Å². The van der Waals surface area contributed by atoms with Gasteiger partial charge in [-0.2, -0.15) is 0 Å². The number of aryl methyl sites for hydroxylation is 1. The summed E-state index contributed by atoms with van der Waals surface area (Å²) in [5.41, 5.74) is 8.01. The van der Waals surface area contributed by atoms with Gasteiger partial charge in [-0.3, -0.25) is 4.79 Å². The highest BCUT2D eigenvalue weighted by molar-refractivity contribution is 5.78. The minimum absolute atomic E-state index is 0.0616. The lowest BCUT2D eigenvalue weighted by Crippen LogP contribution is -2.51. The fraction of sp³-hybridized carbons (Fsp3) is 0.533. The summed E-state index contributed by atoms with van der Waals surface area (Å²) < 4.78 is 13.5. The van der Waals surface area contributed by atoms with Crippen molar-refractivity contribution >= 4 is 5.91 Å². The van der Waals surface area contributed by atoms with E-state index in [1.54, 1.807) is 11.0 Å². The van der Waals surface area contributed by atoms with Gasteiger partial charge in [-0.05, 0) is 50.5 Å². The first-order valence-corrected chi connectivity index (χ1v) is 6.74. The van der Waals surface area contributed by atoms with Gasteiger partial charge >= 0.3 is 0 Å². The monoisotopic (exact) mass is 264 g/mol. The number of hydrogen-bond donors (Lipinski definition) is 1. The number of halogens is 1. The maximum absolute atomic E-state index is 13.5. The first-order valence-electron chi connectivity index (χ1n) is 6.74. The summed E-state index contributed by atoms with van der Waals surface area (Å²) in [7, 11) is 0. The van der Waals surface area contributed by atoms with E-state index in [9.17, 15) is 9.18 Å². The van der Waals surface area contributed by atoms with Gasteiger partial charge in [0.25, 0.3) is 0 Å². The number of amides is 1. The molecule has 2 unspecified atom stereocenters. The van der Waals surface area contributed by atoms with Crippen molar-refractivity contribution in [3.05, 3.63) is 35.1 Å². The largest absolute Gasteiger partial charge is 0.332 e. The van der Waals surface area contributed by atoms with Gasteiger partial charge < -0.3 is 10.6 Å². The molecule has 1 aromatic rings. The fourth-order valence-electron chi connectivity index (χ4n) is 2.86. The summed E-state index contributed by atoms with van der Waals surface area (Å²) in [5, 5.41) is 0. The molecule has 1 heterocycles. The molecule has 1 fully saturated rings. The van der Waals surface area contributed by atoms with Crippen LogP contribution in [0, 0.1) is 12.7 Å². The molecule has 0 saturated carbocycles. The predicted octanol–water partition coefficient (Wildman–Crippen LogP) is 2.53. The minimum atomic E-state index is -0.283. The average molecular weight is 264 g/mol. The number of benzene rings is 1. The van der Waals surface area contributed by atoms with E-state index in [2.05, 4.69) is 0 Å². The van der Waals surface area contributed by atoms with Crippen molar-refractivity contribution in [3.8, 4) is 0 Å². The molecule has 0 bridgehead atoms. The van der Waals surface area contributed by atoms with Crippen LogP contribution in [0.5, 0.6) is 0 Å². The molecule has 4 heteroatoms. The molecule has 2 atom stereocenters. The Morgan fingerprint density at radius 2 is 2.11 bits per heavy atom. The molecule has 0 aliphatic carbocycles. The van der Waals surface area contributed by atoms with Gasteiger partial charge in [0, 0.05) is 18.5 Å². The highest BCUT2D eigenvalue weighted by atomic mass is 19.1. The Morgan fingerprint density at radius 3 is 2.74 bits per heavy atom. The molecule has 0 aromatic heterocycles. The van der Waals surface area contributed by atoms with E-state index < -0.39 is 0 Å². The van der Waals surface area contributed by atoms with Crippen LogP contribution in [0.3, 0.4) is 0 Å². The van der Waals surface area contributed by atoms with E-state index in [1.165, 1.54) is 12.1 Å². The lowest BCUT2D eigenvalue weighted by atomic mass is 9.87. The molecule has 0 spiro atoms. The second-order valence-corrected chi connectivity index (χ2v) is 5.54. The van der Waals surface area contributed by atoms with Crippen LogP contribution in [-0.4, -0.2) is 22.9 Å². The zero-order chi connectivity index (χ0) is 14.2. The van der Waals surface area contributed by atoms with Crippen LogP contribution in [0.15, 0.2) is 18.2 Å². The molecule has 0 radical (unpaired) electrons. The highest BCUT2D eigenvalue weighted by Crippen LogP contribution is 2.34. The third-order valence-electron chi connectivity index (χ3n) is 3.80. The zero-order valence-electron chi connectivity index (χ0n) is 11.7. The van der Waals surface area contributed by atoms with Crippen molar-refractivity contribution in [2.75, 3.05) is 0 Å². The average Bonchev–Trinajstić information content (AvgIpc) is 2.34. The van der Waals surface area contributed by atoms with Crippen molar-refractivity contribution in [1.82, 2.24) is 4.90 Å². The van der Waals surface area contributed by atoms with E-state index in [4.69, 9.17) is 5.73 Å². The standard InChI is InChI=1S/C15H21FN2O/c1-9(2)18-14(19)7-6-13(17)15(18)12-8-11(16)5-4-10(12)3/h4-5,8-9,13,15H,6-7,17H2,1-3H3. The van der Waals surface area contributed by atoms with E-state index in [0.717, 1.165) is 11.1 Å². The smallest absolute Gasteiger partial charge is 0.223 e. The number of nitrogens with two attached hydrogens (primary N) is 1. The number of hydrogen-bond acceptors (Lipinski definition) is 2. The van der Waals surface area contributed by atoms with Gasteiger partial charge in [0.05, 0.1) is 6.04 Å². The second kappa shape index (κ2) is 5.29. The zero-order valence-corrected chi connectivity index (χ0v) is 11.7. The molecule has 2 N–H and O–H groups in total. The summed E-state index contributed by atoms with van der Waals surface area (Å²) in [5.74, 6) is -0.181. The second-order valence-electron chi connectivity index (χ2n) is 5.54. The fourth-order valence-corrected chi connectivity index (χ4v) is 2.86. The van der Waals surface area contributed by atoms with Crippen molar-refractivity contribution in [2.24, 2.45) is 5.73 Å². The predicted molar refractivity (Wildman–Crippen MR) is 73.1 cm³/mol. The Morgan fingerprint density at radius 1 is 1.42 bits per heavy atom. The van der Waals surface area contributed by atoms with Gasteiger partial charge in [-0.15, -0.1) is 0 Å². The van der Waals surface area contributed by atoms with Crippen LogP contribution in [-0.2, 0) is 4.79 Å². The van der Waals surface area contributed by atoms with Crippen LogP contribution < -0.4 is 5.73 Å². The van der Waals surface area contributed by atoms with Crippen molar-refractivity contribution in [2.45, 2.75) is 51.7 Å². The molecule has 1 aliphatic rings. The van der Waals surface area contributed by atoms with Crippen molar-refractivity contribution in [1.29, 1.82) is 0 Å². The van der Waals surface area contributed by atoms with Gasteiger partial charge in [-0.1, -0.05) is 6.07 Å². The summed E-state index contributed by atoms with van der Waals surface area (Å²) in [6, 6.07) is 4.39. The van der Waals surface area contributed by atoms with Crippen molar-refractivity contribution < 1.29 is 9.18 Å². The van der Waals surface area contributed by atoms with E-state index in [0.29, 0.717) is 12.8 Å². The number of piperidine rings is 1. The highest BCUT2D eigenvalue weighted by Gasteiger charge is 2.37. The number of nitrogens with zero attached hydrogens (tertiary/aromatic N) is 1. The third kappa shape index (κ3) is 2.63. The number of carbonyl (C=O) groups excluding carboxylic acids is 1. The summed E-state index contributed by atoms with van der Waals surface area (Å²) in [4.78, 5) is 13.9. The third-order valence-corrected chi connectivity index (χ3v) is 3.80. The first kappa shape index (κ1) is 14.0. The van der Waals surface area contributed by atoms with Crippen LogP contribution in [0.2, 0.25) is 0 Å². The quantitative estimate of drug-likeness (QED) is 0.892. The molecule has 2 rings (SSSR count). The Balaban J connectivity index is 2.48. The molecule has 104 valence electrons. The summed E-state index contributed by atoms with van der Waals surface area (Å²) in [6.07, 6.45) is 1.13.